The summed E-state index contributed by atoms with van der Waals surface area (Å²) < 4.78 is 5.59. The minimum Gasteiger partial charge on any atom is -0.459 e. The van der Waals surface area contributed by atoms with Crippen LogP contribution in [0.15, 0.2) is 12.7 Å². The fraction of sp³-hybridized carbons (Fsp3) is 0.897. The summed E-state index contributed by atoms with van der Waals surface area (Å²) in [5.74, 6) is 3.65. The minimum absolute atomic E-state index is 0.106. The topological polar surface area (TPSA) is 29.5 Å². The Kier molecular flexibility index (Phi) is 8.76. The predicted molar refractivity (Wildman–Crippen MR) is 132 cm³/mol. The van der Waals surface area contributed by atoms with Crippen LogP contribution < -0.4 is 0 Å². The monoisotopic (exact) mass is 443 g/mol. The van der Waals surface area contributed by atoms with E-state index in [1.165, 1.54) is 96.0 Å². The Labute approximate surface area is 197 Å². The third kappa shape index (κ3) is 6.19. The van der Waals surface area contributed by atoms with E-state index in [-0.39, 0.29) is 12.1 Å². The maximum absolute atomic E-state index is 11.6. The molecule has 32 heavy (non-hydrogen) atoms. The molecule has 0 atom stereocenters. The van der Waals surface area contributed by atoms with Crippen molar-refractivity contribution in [2.24, 2.45) is 23.7 Å². The number of carbonyl (C=O) groups excluding carboxylic acids is 1. The van der Waals surface area contributed by atoms with Crippen LogP contribution in [0.4, 0.5) is 0 Å². The molecule has 3 nitrogen and oxygen atoms in total. The third-order valence-corrected chi connectivity index (χ3v) is 9.81. The zero-order chi connectivity index (χ0) is 22.5. The maximum Gasteiger partial charge on any atom is 0.330 e. The Hall–Kier alpha value is -0.830. The molecule has 0 bridgehead atoms. The highest BCUT2D eigenvalue weighted by molar-refractivity contribution is 5.81. The Morgan fingerprint density at radius 3 is 1.50 bits per heavy atom. The number of hydrogen-bond donors (Lipinski definition) is 0. The molecule has 4 fully saturated rings. The highest BCUT2D eigenvalue weighted by Gasteiger charge is 2.39. The Bertz CT molecular complexity index is 586. The molecular weight excluding hydrogens is 394 g/mol. The standard InChI is InChI=1S/C29H49NO2/c1-4-29(31)32-28-19-17-27(18-20-28)30(25-13-7-22(3)8-14-25)26-15-11-24(12-16-26)23-9-5-21(2)6-10-23/h4,21-28H,1,5-20H2,2-3H3. The normalized spacial score (nSPS) is 41.2. The lowest BCUT2D eigenvalue weighted by Gasteiger charge is -2.50. The second-order valence-electron chi connectivity index (χ2n) is 12.0. The van der Waals surface area contributed by atoms with Crippen molar-refractivity contribution in [3.8, 4) is 0 Å². The number of esters is 1. The second-order valence-corrected chi connectivity index (χ2v) is 12.0. The number of rotatable bonds is 6. The van der Waals surface area contributed by atoms with Crippen LogP contribution >= 0.6 is 0 Å². The molecular formula is C29H49NO2. The van der Waals surface area contributed by atoms with Crippen LogP contribution in [0.2, 0.25) is 0 Å². The van der Waals surface area contributed by atoms with Crippen LogP contribution in [-0.2, 0) is 9.53 Å². The smallest absolute Gasteiger partial charge is 0.330 e. The lowest BCUT2D eigenvalue weighted by atomic mass is 9.70. The Balaban J connectivity index is 1.35. The zero-order valence-electron chi connectivity index (χ0n) is 21.0. The van der Waals surface area contributed by atoms with Crippen molar-refractivity contribution in [2.75, 3.05) is 0 Å². The summed E-state index contributed by atoms with van der Waals surface area (Å²) in [7, 11) is 0. The highest BCUT2D eigenvalue weighted by atomic mass is 16.5. The van der Waals surface area contributed by atoms with E-state index in [4.69, 9.17) is 4.74 Å². The summed E-state index contributed by atoms with van der Waals surface area (Å²) in [6.07, 6.45) is 23.2. The fourth-order valence-corrected chi connectivity index (χ4v) is 7.74. The largest absolute Gasteiger partial charge is 0.459 e. The van der Waals surface area contributed by atoms with Crippen LogP contribution in [0.3, 0.4) is 0 Å². The van der Waals surface area contributed by atoms with E-state index < -0.39 is 0 Å². The van der Waals surface area contributed by atoms with Crippen LogP contribution in [0.1, 0.15) is 117 Å². The van der Waals surface area contributed by atoms with Gasteiger partial charge in [-0.25, -0.2) is 4.79 Å². The lowest BCUT2D eigenvalue weighted by molar-refractivity contribution is -0.145. The average molecular weight is 444 g/mol. The molecule has 3 heteroatoms. The molecule has 0 unspecified atom stereocenters. The SMILES string of the molecule is C=CC(=O)OC1CCC(N(C2CCC(C)CC2)C2CCC(C3CCC(C)CC3)CC2)CC1. The van der Waals surface area contributed by atoms with Gasteiger partial charge >= 0.3 is 5.97 Å². The van der Waals surface area contributed by atoms with E-state index in [2.05, 4.69) is 25.3 Å². The molecule has 4 saturated carbocycles. The molecule has 0 N–H and O–H groups in total. The van der Waals surface area contributed by atoms with Gasteiger partial charge in [-0.05, 0) is 114 Å². The van der Waals surface area contributed by atoms with Gasteiger partial charge in [0.05, 0.1) is 0 Å². The van der Waals surface area contributed by atoms with Gasteiger partial charge in [0, 0.05) is 24.2 Å². The summed E-state index contributed by atoms with van der Waals surface area (Å²) in [4.78, 5) is 14.7. The van der Waals surface area contributed by atoms with E-state index in [1.807, 2.05) is 0 Å². The molecule has 4 rings (SSSR count). The van der Waals surface area contributed by atoms with Crippen molar-refractivity contribution in [3.63, 3.8) is 0 Å². The van der Waals surface area contributed by atoms with Crippen LogP contribution in [-0.4, -0.2) is 35.1 Å². The molecule has 0 aromatic carbocycles. The third-order valence-electron chi connectivity index (χ3n) is 9.81. The highest BCUT2D eigenvalue weighted by Crippen LogP contribution is 2.43. The van der Waals surface area contributed by atoms with Gasteiger partial charge in [0.2, 0.25) is 0 Å². The molecule has 0 aromatic heterocycles. The van der Waals surface area contributed by atoms with Crippen LogP contribution in [0.25, 0.3) is 0 Å². The van der Waals surface area contributed by atoms with E-state index in [0.717, 1.165) is 48.6 Å². The van der Waals surface area contributed by atoms with Gasteiger partial charge in [0.15, 0.2) is 0 Å². The number of ether oxygens (including phenoxy) is 1. The molecule has 182 valence electrons. The minimum atomic E-state index is -0.248. The van der Waals surface area contributed by atoms with Crippen molar-refractivity contribution < 1.29 is 9.53 Å². The average Bonchev–Trinajstić information content (AvgIpc) is 2.82. The summed E-state index contributed by atoms with van der Waals surface area (Å²) in [6, 6.07) is 2.29. The van der Waals surface area contributed by atoms with Crippen molar-refractivity contribution in [3.05, 3.63) is 12.7 Å². The van der Waals surface area contributed by atoms with Gasteiger partial charge in [0.25, 0.3) is 0 Å². The van der Waals surface area contributed by atoms with Crippen LogP contribution in [0.5, 0.6) is 0 Å². The molecule has 0 heterocycles. The van der Waals surface area contributed by atoms with E-state index in [1.54, 1.807) is 0 Å². The molecule has 4 aliphatic rings. The predicted octanol–water partition coefficient (Wildman–Crippen LogP) is 7.29. The van der Waals surface area contributed by atoms with Crippen molar-refractivity contribution >= 4 is 5.97 Å². The van der Waals surface area contributed by atoms with Crippen molar-refractivity contribution in [2.45, 2.75) is 141 Å². The summed E-state index contributed by atoms with van der Waals surface area (Å²) >= 11 is 0. The lowest BCUT2D eigenvalue weighted by Crippen LogP contribution is -2.53. The van der Waals surface area contributed by atoms with Crippen molar-refractivity contribution in [1.29, 1.82) is 0 Å². The molecule has 0 aromatic rings. The molecule has 0 saturated heterocycles. The first-order chi connectivity index (χ1) is 15.5. The fourth-order valence-electron chi connectivity index (χ4n) is 7.74. The van der Waals surface area contributed by atoms with Crippen LogP contribution in [0, 0.1) is 23.7 Å². The summed E-state index contributed by atoms with van der Waals surface area (Å²) in [5.41, 5.74) is 0. The van der Waals surface area contributed by atoms with Gasteiger partial charge in [-0.2, -0.15) is 0 Å². The summed E-state index contributed by atoms with van der Waals surface area (Å²) in [6.45, 7) is 8.45. The molecule has 0 aliphatic heterocycles. The maximum atomic E-state index is 11.6. The Morgan fingerprint density at radius 2 is 1.03 bits per heavy atom. The molecule has 0 spiro atoms. The molecule has 0 radical (unpaired) electrons. The van der Waals surface area contributed by atoms with Gasteiger partial charge in [-0.3, -0.25) is 4.90 Å². The zero-order valence-corrected chi connectivity index (χ0v) is 21.0. The van der Waals surface area contributed by atoms with E-state index >= 15 is 0 Å². The van der Waals surface area contributed by atoms with Gasteiger partial charge in [-0.15, -0.1) is 0 Å². The first kappa shape index (κ1) is 24.3. The summed E-state index contributed by atoms with van der Waals surface area (Å²) in [5, 5.41) is 0. The quantitative estimate of drug-likeness (QED) is 0.319. The number of hydrogen-bond acceptors (Lipinski definition) is 3. The van der Waals surface area contributed by atoms with E-state index in [0.29, 0.717) is 6.04 Å². The molecule has 4 aliphatic carbocycles. The van der Waals surface area contributed by atoms with Gasteiger partial charge in [0.1, 0.15) is 6.10 Å². The first-order valence-electron chi connectivity index (χ1n) is 14.1. The van der Waals surface area contributed by atoms with Crippen molar-refractivity contribution in [1.82, 2.24) is 4.90 Å². The number of nitrogens with zero attached hydrogens (tertiary/aromatic N) is 1. The van der Waals surface area contributed by atoms with Gasteiger partial charge < -0.3 is 4.74 Å². The second kappa shape index (κ2) is 11.5. The Morgan fingerprint density at radius 1 is 0.656 bits per heavy atom. The molecule has 0 amide bonds. The van der Waals surface area contributed by atoms with Gasteiger partial charge in [-0.1, -0.05) is 33.3 Å². The van der Waals surface area contributed by atoms with E-state index in [9.17, 15) is 4.79 Å². The number of carbonyl (C=O) groups is 1. The first-order valence-corrected chi connectivity index (χ1v) is 14.1.